The van der Waals surface area contributed by atoms with Crippen LogP contribution in [-0.4, -0.2) is 170 Å². The van der Waals surface area contributed by atoms with Crippen LogP contribution in [0.3, 0.4) is 0 Å². The monoisotopic (exact) mass is 1120 g/mol. The van der Waals surface area contributed by atoms with Gasteiger partial charge in [-0.3, -0.25) is 57.6 Å². The van der Waals surface area contributed by atoms with Crippen molar-refractivity contribution in [2.75, 3.05) is 13.2 Å². The maximum atomic E-state index is 15.5. The number of carbonyl (C=O) groups is 11. The highest BCUT2D eigenvalue weighted by Crippen LogP contribution is 2.21. The van der Waals surface area contributed by atoms with E-state index in [2.05, 4.69) is 49.5 Å². The van der Waals surface area contributed by atoms with E-state index in [4.69, 9.17) is 5.73 Å². The molecule has 14 N–H and O–H groups in total. The van der Waals surface area contributed by atoms with Crippen LogP contribution in [-0.2, 0) is 52.7 Å². The zero-order valence-corrected chi connectivity index (χ0v) is 48.6. The van der Waals surface area contributed by atoms with Gasteiger partial charge in [0.15, 0.2) is 0 Å². The molecule has 25 heteroatoms. The SMILES string of the molecule is CCCCCCC[C@H](O)CC(=O)N[C@@H](CCC(N)=O)C(=O)N[C@H](CC(C)C)C(=O)N1C(=O)[C@@H]([C@H](C)CC)NC(=O)[C@H](CO)NC(=O)[C@@H](CC(C)C)NC(=O)[C@H](CO)NC(=O)[C@H](CC(C)C)NC(=O)[C@H](C(C)C)NC(=O)[C@@H]1[C@H](C)O. The van der Waals surface area contributed by atoms with E-state index in [-0.39, 0.29) is 43.9 Å². The number of carbonyl (C=O) groups excluding carboxylic acids is 11. The topological polar surface area (TPSA) is 394 Å². The van der Waals surface area contributed by atoms with Crippen LogP contribution in [0, 0.1) is 29.6 Å². The summed E-state index contributed by atoms with van der Waals surface area (Å²) in [6, 6.07) is -15.2. The van der Waals surface area contributed by atoms with Gasteiger partial charge in [-0.25, -0.2) is 0 Å². The molecule has 0 unspecified atom stereocenters. The van der Waals surface area contributed by atoms with Gasteiger partial charge in [0.25, 0.3) is 11.8 Å². The predicted octanol–water partition coefficient (Wildman–Crippen LogP) is -0.815. The molecule has 0 aromatic rings. The Hall–Kier alpha value is -5.79. The van der Waals surface area contributed by atoms with Gasteiger partial charge in [0, 0.05) is 6.42 Å². The summed E-state index contributed by atoms with van der Waals surface area (Å²) >= 11 is 0. The molecule has 1 aliphatic rings. The maximum Gasteiger partial charge on any atom is 0.252 e. The second-order valence-electron chi connectivity index (χ2n) is 22.6. The fourth-order valence-electron chi connectivity index (χ4n) is 8.91. The lowest BCUT2D eigenvalue weighted by Crippen LogP contribution is -2.67. The van der Waals surface area contributed by atoms with Gasteiger partial charge in [0.2, 0.25) is 53.2 Å². The number of nitrogens with zero attached hydrogens (tertiary/aromatic N) is 1. The first-order valence-electron chi connectivity index (χ1n) is 28.1. The molecule has 25 nitrogen and oxygen atoms in total. The molecule has 11 amide bonds. The third kappa shape index (κ3) is 24.6. The van der Waals surface area contributed by atoms with Gasteiger partial charge in [-0.1, -0.05) is 115 Å². The largest absolute Gasteiger partial charge is 0.394 e. The lowest BCUT2D eigenvalue weighted by atomic mass is 9.94. The molecule has 1 aliphatic heterocycles. The van der Waals surface area contributed by atoms with E-state index in [0.29, 0.717) is 17.7 Å². The van der Waals surface area contributed by atoms with Crippen molar-refractivity contribution in [3.63, 3.8) is 0 Å². The van der Waals surface area contributed by atoms with Crippen molar-refractivity contribution < 1.29 is 73.2 Å². The van der Waals surface area contributed by atoms with Crippen molar-refractivity contribution in [1.82, 2.24) is 47.4 Å². The molecule has 0 aromatic heterocycles. The van der Waals surface area contributed by atoms with E-state index in [1.165, 1.54) is 20.8 Å². The minimum atomic E-state index is -2.24. The Kier molecular flexibility index (Phi) is 32.2. The summed E-state index contributed by atoms with van der Waals surface area (Å²) in [6.45, 7) is 17.6. The van der Waals surface area contributed by atoms with Gasteiger partial charge >= 0.3 is 0 Å². The molecular weight excluding hydrogens is 1030 g/mol. The van der Waals surface area contributed by atoms with Gasteiger partial charge in [0.1, 0.15) is 54.4 Å². The van der Waals surface area contributed by atoms with E-state index in [9.17, 15) is 63.6 Å². The molecule has 0 saturated carbocycles. The summed E-state index contributed by atoms with van der Waals surface area (Å²) in [5.74, 6) is -14.3. The average molecular weight is 1130 g/mol. The highest BCUT2D eigenvalue weighted by atomic mass is 16.3. The Labute approximate surface area is 466 Å². The first kappa shape index (κ1) is 71.2. The number of aliphatic hydroxyl groups is 4. The van der Waals surface area contributed by atoms with Crippen molar-refractivity contribution >= 4 is 65.0 Å². The maximum absolute atomic E-state index is 15.5. The third-order valence-electron chi connectivity index (χ3n) is 13.5. The minimum Gasteiger partial charge on any atom is -0.394 e. The molecule has 0 aliphatic carbocycles. The molecule has 0 bridgehead atoms. The van der Waals surface area contributed by atoms with E-state index < -0.39 is 175 Å². The van der Waals surface area contributed by atoms with Crippen LogP contribution in [0.5, 0.6) is 0 Å². The van der Waals surface area contributed by atoms with Crippen molar-refractivity contribution in [3.8, 4) is 0 Å². The number of aliphatic hydroxyl groups excluding tert-OH is 4. The lowest BCUT2D eigenvalue weighted by Gasteiger charge is -2.38. The standard InChI is InChI=1S/C54H96N10O15/c1-13-15-16-17-18-19-34(68)25-42(70)56-35(20-21-41(55)69)46(71)59-38(24-30(7)8)53(78)64-45(33(12)67)52(77)62-43(31(9)10)51(76)58-37(23-29(5)6)48(73)60-39(26-65)49(74)57-36(22-28(3)4)47(72)61-40(27-66)50(75)63-44(54(64)79)32(11)14-2/h28-40,43-45,65-68H,13-27H2,1-12H3,(H2,55,69)(H,56,70)(H,57,74)(H,58,76)(H,59,71)(H,60,73)(H,61,72)(H,62,77)(H,63,75)/t32-,33+,34+,35+,36-,37+,38-,39+,40+,43+,44-,45+/m1/s1. The highest BCUT2D eigenvalue weighted by molar-refractivity contribution is 6.07. The normalized spacial score (nSPS) is 23.5. The first-order valence-corrected chi connectivity index (χ1v) is 28.1. The zero-order valence-electron chi connectivity index (χ0n) is 48.6. The Bertz CT molecular complexity index is 2040. The lowest BCUT2D eigenvalue weighted by molar-refractivity contribution is -0.160. The summed E-state index contributed by atoms with van der Waals surface area (Å²) in [7, 11) is 0. The van der Waals surface area contributed by atoms with E-state index in [1.54, 1.807) is 48.5 Å². The molecule has 0 spiro atoms. The Morgan fingerprint density at radius 2 is 1.06 bits per heavy atom. The van der Waals surface area contributed by atoms with Crippen LogP contribution < -0.4 is 48.3 Å². The smallest absolute Gasteiger partial charge is 0.252 e. The molecule has 79 heavy (non-hydrogen) atoms. The Morgan fingerprint density at radius 1 is 0.582 bits per heavy atom. The number of nitrogens with two attached hydrogens (primary N) is 1. The first-order chi connectivity index (χ1) is 36.9. The molecule has 12 atom stereocenters. The average Bonchev–Trinajstić information content (AvgIpc) is 3.35. The van der Waals surface area contributed by atoms with Crippen molar-refractivity contribution in [2.24, 2.45) is 35.3 Å². The van der Waals surface area contributed by atoms with Crippen LogP contribution >= 0.6 is 0 Å². The van der Waals surface area contributed by atoms with E-state index in [1.807, 2.05) is 0 Å². The zero-order chi connectivity index (χ0) is 60.4. The van der Waals surface area contributed by atoms with Gasteiger partial charge in [-0.15, -0.1) is 0 Å². The number of unbranched alkanes of at least 4 members (excludes halogenated alkanes) is 4. The summed E-state index contributed by atoms with van der Waals surface area (Å²) in [5.41, 5.74) is 5.44. The molecule has 1 rings (SSSR count). The predicted molar refractivity (Wildman–Crippen MR) is 292 cm³/mol. The van der Waals surface area contributed by atoms with Crippen LogP contribution in [0.15, 0.2) is 0 Å². The van der Waals surface area contributed by atoms with E-state index in [0.717, 1.165) is 32.6 Å². The number of hydrogen-bond donors (Lipinski definition) is 13. The summed E-state index contributed by atoms with van der Waals surface area (Å²) in [5, 5.41) is 63.1. The summed E-state index contributed by atoms with van der Waals surface area (Å²) in [4.78, 5) is 156. The fourth-order valence-corrected chi connectivity index (χ4v) is 8.91. The summed E-state index contributed by atoms with van der Waals surface area (Å²) < 4.78 is 0. The van der Waals surface area contributed by atoms with Crippen molar-refractivity contribution in [2.45, 2.75) is 233 Å². The van der Waals surface area contributed by atoms with Crippen LogP contribution in [0.25, 0.3) is 0 Å². The number of hydrogen-bond acceptors (Lipinski definition) is 15. The highest BCUT2D eigenvalue weighted by Gasteiger charge is 2.47. The molecule has 1 heterocycles. The van der Waals surface area contributed by atoms with Crippen molar-refractivity contribution in [3.05, 3.63) is 0 Å². The van der Waals surface area contributed by atoms with Gasteiger partial charge < -0.3 is 68.7 Å². The Balaban J connectivity index is 4.28. The number of primary amides is 1. The molecule has 0 radical (unpaired) electrons. The molecular formula is C54H96N10O15. The molecule has 0 aromatic carbocycles. The number of rotatable bonds is 27. The Morgan fingerprint density at radius 3 is 1.52 bits per heavy atom. The van der Waals surface area contributed by atoms with Crippen molar-refractivity contribution in [1.29, 1.82) is 0 Å². The molecule has 1 saturated heterocycles. The third-order valence-corrected chi connectivity index (χ3v) is 13.5. The van der Waals surface area contributed by atoms with Crippen LogP contribution in [0.2, 0.25) is 0 Å². The van der Waals surface area contributed by atoms with Crippen LogP contribution in [0.4, 0.5) is 0 Å². The quantitative estimate of drug-likeness (QED) is 0.0447. The second-order valence-corrected chi connectivity index (χ2v) is 22.6. The van der Waals surface area contributed by atoms with Gasteiger partial charge in [0.05, 0.1) is 31.8 Å². The molecule has 452 valence electrons. The van der Waals surface area contributed by atoms with Gasteiger partial charge in [-0.05, 0) is 68.6 Å². The number of imide groups is 1. The molecule has 1 fully saturated rings. The van der Waals surface area contributed by atoms with Crippen LogP contribution in [0.1, 0.15) is 167 Å². The second kappa shape index (κ2) is 35.7. The fraction of sp³-hybridized carbons (Fsp3) is 0.796. The minimum absolute atomic E-state index is 0.0285. The number of amides is 11. The summed E-state index contributed by atoms with van der Waals surface area (Å²) in [6.07, 6.45) is 0.346. The van der Waals surface area contributed by atoms with Gasteiger partial charge in [-0.2, -0.15) is 0 Å². The number of nitrogens with one attached hydrogen (secondary N) is 8. The van der Waals surface area contributed by atoms with E-state index >= 15 is 9.59 Å².